The quantitative estimate of drug-likeness (QED) is 0.139. The van der Waals surface area contributed by atoms with Crippen molar-refractivity contribution in [1.29, 1.82) is 0 Å². The molecular formula is C28H23N3O5. The molecule has 0 aliphatic heterocycles. The Morgan fingerprint density at radius 3 is 2.42 bits per heavy atom. The molecule has 180 valence electrons. The van der Waals surface area contributed by atoms with Crippen LogP contribution in [0.25, 0.3) is 10.8 Å². The Balaban J connectivity index is 1.52. The second kappa shape index (κ2) is 11.0. The van der Waals surface area contributed by atoms with Gasteiger partial charge in [0.25, 0.3) is 0 Å². The molecule has 0 spiro atoms. The Hall–Kier alpha value is -4.98. The van der Waals surface area contributed by atoms with Crippen molar-refractivity contribution in [2.45, 2.75) is 6.92 Å². The van der Waals surface area contributed by atoms with Gasteiger partial charge in [-0.15, -0.1) is 0 Å². The zero-order chi connectivity index (χ0) is 25.5. The molecule has 36 heavy (non-hydrogen) atoms. The van der Waals surface area contributed by atoms with Crippen LogP contribution in [-0.4, -0.2) is 31.1 Å². The topological polar surface area (TPSA) is 106 Å². The van der Waals surface area contributed by atoms with Crippen molar-refractivity contribution >= 4 is 40.5 Å². The van der Waals surface area contributed by atoms with Crippen LogP contribution in [0.15, 0.2) is 90.0 Å². The number of nitrogens with zero attached hydrogens (tertiary/aromatic N) is 1. The number of ether oxygens (including phenoxy) is 2. The zero-order valence-electron chi connectivity index (χ0n) is 19.6. The van der Waals surface area contributed by atoms with Gasteiger partial charge in [-0.2, -0.15) is 5.10 Å². The number of nitrogens with one attached hydrogen (secondary N) is 2. The highest BCUT2D eigenvalue weighted by molar-refractivity contribution is 6.39. The number of esters is 1. The van der Waals surface area contributed by atoms with Crippen molar-refractivity contribution < 1.29 is 23.9 Å². The van der Waals surface area contributed by atoms with Crippen LogP contribution in [0, 0.1) is 6.92 Å². The van der Waals surface area contributed by atoms with Crippen molar-refractivity contribution in [3.8, 4) is 11.5 Å². The summed E-state index contributed by atoms with van der Waals surface area (Å²) in [6.07, 6.45) is 1.34. The summed E-state index contributed by atoms with van der Waals surface area (Å²) >= 11 is 0. The number of rotatable bonds is 6. The lowest BCUT2D eigenvalue weighted by molar-refractivity contribution is -0.136. The minimum absolute atomic E-state index is 0.262. The number of hydrazone groups is 1. The van der Waals surface area contributed by atoms with Crippen LogP contribution in [0.4, 0.5) is 5.69 Å². The predicted octanol–water partition coefficient (Wildman–Crippen LogP) is 4.46. The number of carbonyl (C=O) groups is 3. The van der Waals surface area contributed by atoms with Gasteiger partial charge in [-0.1, -0.05) is 54.1 Å². The number of fused-ring (bicyclic) bond motifs is 1. The van der Waals surface area contributed by atoms with E-state index in [0.29, 0.717) is 22.6 Å². The minimum Gasteiger partial charge on any atom is -0.497 e. The molecule has 4 aromatic rings. The van der Waals surface area contributed by atoms with E-state index < -0.39 is 17.8 Å². The third kappa shape index (κ3) is 5.74. The van der Waals surface area contributed by atoms with E-state index in [-0.39, 0.29) is 5.75 Å². The second-order valence-electron chi connectivity index (χ2n) is 7.84. The van der Waals surface area contributed by atoms with Gasteiger partial charge < -0.3 is 14.8 Å². The van der Waals surface area contributed by atoms with Gasteiger partial charge in [-0.05, 0) is 48.0 Å². The van der Waals surface area contributed by atoms with Gasteiger partial charge in [-0.25, -0.2) is 10.2 Å². The van der Waals surface area contributed by atoms with Gasteiger partial charge in [-0.3, -0.25) is 9.59 Å². The third-order valence-electron chi connectivity index (χ3n) is 5.31. The second-order valence-corrected chi connectivity index (χ2v) is 7.84. The molecule has 0 unspecified atom stereocenters. The maximum Gasteiger partial charge on any atom is 0.343 e. The monoisotopic (exact) mass is 481 g/mol. The molecule has 0 heterocycles. The number of hydrogen-bond acceptors (Lipinski definition) is 6. The highest BCUT2D eigenvalue weighted by atomic mass is 16.5. The fourth-order valence-electron chi connectivity index (χ4n) is 3.44. The molecule has 8 heteroatoms. The van der Waals surface area contributed by atoms with E-state index in [1.807, 2.05) is 49.4 Å². The smallest absolute Gasteiger partial charge is 0.343 e. The van der Waals surface area contributed by atoms with Crippen molar-refractivity contribution in [3.05, 3.63) is 102 Å². The summed E-state index contributed by atoms with van der Waals surface area (Å²) in [5, 5.41) is 8.06. The van der Waals surface area contributed by atoms with Gasteiger partial charge in [0, 0.05) is 17.3 Å². The number of methoxy groups -OCH3 is 1. The van der Waals surface area contributed by atoms with Crippen molar-refractivity contribution in [1.82, 2.24) is 5.43 Å². The molecule has 0 aliphatic carbocycles. The summed E-state index contributed by atoms with van der Waals surface area (Å²) in [6, 6.07) is 24.6. The Labute approximate surface area is 207 Å². The summed E-state index contributed by atoms with van der Waals surface area (Å²) in [5.41, 5.74) is 4.51. The molecule has 0 saturated heterocycles. The number of aryl methyl sites for hydroxylation is 1. The van der Waals surface area contributed by atoms with E-state index in [4.69, 9.17) is 9.47 Å². The summed E-state index contributed by atoms with van der Waals surface area (Å²) < 4.78 is 10.8. The van der Waals surface area contributed by atoms with Gasteiger partial charge in [0.2, 0.25) is 0 Å². The van der Waals surface area contributed by atoms with Crippen LogP contribution < -0.4 is 20.2 Å². The first-order chi connectivity index (χ1) is 17.4. The maximum atomic E-state index is 12.7. The largest absolute Gasteiger partial charge is 0.497 e. The lowest BCUT2D eigenvalue weighted by Crippen LogP contribution is -2.32. The average Bonchev–Trinajstić information content (AvgIpc) is 2.90. The first-order valence-electron chi connectivity index (χ1n) is 11.0. The van der Waals surface area contributed by atoms with Crippen LogP contribution >= 0.6 is 0 Å². The molecule has 0 aromatic heterocycles. The third-order valence-corrected chi connectivity index (χ3v) is 5.31. The number of amides is 2. The molecular weight excluding hydrogens is 458 g/mol. The molecule has 0 bridgehead atoms. The van der Waals surface area contributed by atoms with Crippen LogP contribution in [0.2, 0.25) is 0 Å². The van der Waals surface area contributed by atoms with Crippen molar-refractivity contribution in [2.75, 3.05) is 12.4 Å². The Kier molecular flexibility index (Phi) is 7.36. The van der Waals surface area contributed by atoms with Crippen LogP contribution in [0.3, 0.4) is 0 Å². The fraction of sp³-hybridized carbons (Fsp3) is 0.0714. The minimum atomic E-state index is -0.965. The van der Waals surface area contributed by atoms with E-state index >= 15 is 0 Å². The highest BCUT2D eigenvalue weighted by Gasteiger charge is 2.15. The summed E-state index contributed by atoms with van der Waals surface area (Å²) in [4.78, 5) is 37.2. The molecule has 4 aromatic carbocycles. The molecule has 0 aliphatic rings. The number of hydrogen-bond donors (Lipinski definition) is 2. The summed E-state index contributed by atoms with van der Waals surface area (Å²) in [6.45, 7) is 1.93. The maximum absolute atomic E-state index is 12.7. The first-order valence-corrected chi connectivity index (χ1v) is 11.0. The average molecular weight is 482 g/mol. The fourth-order valence-corrected chi connectivity index (χ4v) is 3.44. The van der Waals surface area contributed by atoms with E-state index in [9.17, 15) is 14.4 Å². The standard InChI is InChI=1S/C28H23N3O5/c1-18-10-12-20(13-11-18)28(34)36-25-15-14-19-6-3-4-9-23(19)24(25)17-29-31-27(33)26(32)30-21-7-5-8-22(16-21)35-2/h3-17H,1-2H3,(H,30,32)(H,31,33)/b29-17-. The molecule has 0 atom stereocenters. The van der Waals surface area contributed by atoms with Gasteiger partial charge in [0.05, 0.1) is 18.9 Å². The van der Waals surface area contributed by atoms with E-state index in [1.165, 1.54) is 13.3 Å². The summed E-state index contributed by atoms with van der Waals surface area (Å²) in [5.74, 6) is -1.59. The van der Waals surface area contributed by atoms with Gasteiger partial charge in [0.1, 0.15) is 11.5 Å². The first kappa shape index (κ1) is 24.2. The van der Waals surface area contributed by atoms with Crippen LogP contribution in [-0.2, 0) is 9.59 Å². The predicted molar refractivity (Wildman–Crippen MR) is 137 cm³/mol. The van der Waals surface area contributed by atoms with Crippen LogP contribution in [0.1, 0.15) is 21.5 Å². The lowest BCUT2D eigenvalue weighted by atomic mass is 10.0. The highest BCUT2D eigenvalue weighted by Crippen LogP contribution is 2.27. The normalized spacial score (nSPS) is 10.7. The van der Waals surface area contributed by atoms with E-state index in [2.05, 4.69) is 15.8 Å². The van der Waals surface area contributed by atoms with Crippen molar-refractivity contribution in [3.63, 3.8) is 0 Å². The number of carbonyl (C=O) groups excluding carboxylic acids is 3. The SMILES string of the molecule is COc1cccc(NC(=O)C(=O)N/N=C\c2c(OC(=O)c3ccc(C)cc3)ccc3ccccc23)c1. The molecule has 2 N–H and O–H groups in total. The molecule has 0 saturated carbocycles. The number of benzene rings is 4. The molecule has 8 nitrogen and oxygen atoms in total. The molecule has 4 rings (SSSR count). The van der Waals surface area contributed by atoms with Gasteiger partial charge >= 0.3 is 17.8 Å². The molecule has 2 amide bonds. The Bertz CT molecular complexity index is 1460. The lowest BCUT2D eigenvalue weighted by Gasteiger charge is -2.11. The van der Waals surface area contributed by atoms with Gasteiger partial charge in [0.15, 0.2) is 0 Å². The summed E-state index contributed by atoms with van der Waals surface area (Å²) in [7, 11) is 1.50. The zero-order valence-corrected chi connectivity index (χ0v) is 19.6. The number of anilines is 1. The van der Waals surface area contributed by atoms with E-state index in [0.717, 1.165) is 16.3 Å². The molecule has 0 fully saturated rings. The molecule has 0 radical (unpaired) electrons. The Morgan fingerprint density at radius 1 is 0.861 bits per heavy atom. The Morgan fingerprint density at radius 2 is 1.64 bits per heavy atom. The van der Waals surface area contributed by atoms with Crippen molar-refractivity contribution in [2.24, 2.45) is 5.10 Å². The van der Waals surface area contributed by atoms with E-state index in [1.54, 1.807) is 42.5 Å². The van der Waals surface area contributed by atoms with Crippen LogP contribution in [0.5, 0.6) is 11.5 Å².